The Labute approximate surface area is 105 Å². The van der Waals surface area contributed by atoms with Crippen LogP contribution in [0.15, 0.2) is 18.2 Å². The normalized spacial score (nSPS) is 34.6. The third kappa shape index (κ3) is 1.94. The molecule has 3 rings (SSSR count). The molecule has 1 aliphatic carbocycles. The molecule has 5 nitrogen and oxygen atoms in total. The minimum atomic E-state index is -0.717. The predicted octanol–water partition coefficient (Wildman–Crippen LogP) is 0.342. The van der Waals surface area contributed by atoms with E-state index in [0.29, 0.717) is 12.8 Å². The van der Waals surface area contributed by atoms with E-state index in [-0.39, 0.29) is 18.8 Å². The van der Waals surface area contributed by atoms with Gasteiger partial charge < -0.3 is 25.4 Å². The van der Waals surface area contributed by atoms with E-state index in [2.05, 4.69) is 0 Å². The van der Waals surface area contributed by atoms with Crippen LogP contribution in [0.25, 0.3) is 0 Å². The van der Waals surface area contributed by atoms with E-state index in [1.807, 2.05) is 18.2 Å². The molecule has 0 radical (unpaired) electrons. The summed E-state index contributed by atoms with van der Waals surface area (Å²) in [5, 5.41) is 19.4. The Morgan fingerprint density at radius 3 is 2.61 bits per heavy atom. The molecular formula is C13H17NO4. The van der Waals surface area contributed by atoms with Gasteiger partial charge >= 0.3 is 0 Å². The van der Waals surface area contributed by atoms with Crippen molar-refractivity contribution in [3.63, 3.8) is 0 Å². The molecule has 1 heterocycles. The van der Waals surface area contributed by atoms with Gasteiger partial charge in [0, 0.05) is 12.0 Å². The van der Waals surface area contributed by atoms with Crippen molar-refractivity contribution in [3.8, 4) is 11.5 Å². The standard InChI is InChI=1S/C13H17NO4/c14-9-5-11(16)10(15)4-8(9)7-1-2-12-13(3-7)18-6-17-12/h1-3,8-11,15-16H,4-6,14H2/t8-,9-,10+,11+/m0/s1. The van der Waals surface area contributed by atoms with Crippen LogP contribution < -0.4 is 15.2 Å². The molecule has 0 unspecified atom stereocenters. The molecule has 4 N–H and O–H groups in total. The second kappa shape index (κ2) is 4.42. The van der Waals surface area contributed by atoms with Crippen molar-refractivity contribution in [2.45, 2.75) is 37.0 Å². The van der Waals surface area contributed by atoms with Gasteiger partial charge in [0.15, 0.2) is 11.5 Å². The summed E-state index contributed by atoms with van der Waals surface area (Å²) in [4.78, 5) is 0. The molecule has 98 valence electrons. The number of nitrogens with two attached hydrogens (primary N) is 1. The van der Waals surface area contributed by atoms with E-state index >= 15 is 0 Å². The third-order valence-electron chi connectivity index (χ3n) is 3.79. The van der Waals surface area contributed by atoms with E-state index in [1.54, 1.807) is 0 Å². The van der Waals surface area contributed by atoms with Crippen LogP contribution in [-0.4, -0.2) is 35.3 Å². The van der Waals surface area contributed by atoms with Crippen molar-refractivity contribution < 1.29 is 19.7 Å². The maximum atomic E-state index is 9.76. The lowest BCUT2D eigenvalue weighted by atomic mass is 9.77. The van der Waals surface area contributed by atoms with Crippen LogP contribution in [0, 0.1) is 0 Å². The zero-order valence-corrected chi connectivity index (χ0v) is 9.95. The van der Waals surface area contributed by atoms with Gasteiger partial charge in [-0.2, -0.15) is 0 Å². The summed E-state index contributed by atoms with van der Waals surface area (Å²) in [6, 6.07) is 5.57. The molecule has 1 aliphatic heterocycles. The fraction of sp³-hybridized carbons (Fsp3) is 0.538. The van der Waals surface area contributed by atoms with Crippen LogP contribution in [-0.2, 0) is 0 Å². The van der Waals surface area contributed by atoms with Crippen molar-refractivity contribution in [2.75, 3.05) is 6.79 Å². The number of fused-ring (bicyclic) bond motifs is 1. The van der Waals surface area contributed by atoms with Gasteiger partial charge in [0.1, 0.15) is 0 Å². The maximum Gasteiger partial charge on any atom is 0.231 e. The first-order valence-corrected chi connectivity index (χ1v) is 6.16. The van der Waals surface area contributed by atoms with Gasteiger partial charge in [0.25, 0.3) is 0 Å². The number of aliphatic hydroxyl groups is 2. The molecule has 5 heteroatoms. The van der Waals surface area contributed by atoms with Crippen molar-refractivity contribution in [3.05, 3.63) is 23.8 Å². The molecule has 1 fully saturated rings. The van der Waals surface area contributed by atoms with Gasteiger partial charge in [0.05, 0.1) is 12.2 Å². The number of aliphatic hydroxyl groups excluding tert-OH is 2. The molecule has 4 atom stereocenters. The molecule has 0 bridgehead atoms. The fourth-order valence-corrected chi connectivity index (χ4v) is 2.72. The first-order chi connectivity index (χ1) is 8.65. The Morgan fingerprint density at radius 2 is 1.78 bits per heavy atom. The van der Waals surface area contributed by atoms with Gasteiger partial charge in [-0.15, -0.1) is 0 Å². The van der Waals surface area contributed by atoms with Gasteiger partial charge in [0.2, 0.25) is 6.79 Å². The van der Waals surface area contributed by atoms with Crippen LogP contribution in [0.3, 0.4) is 0 Å². The Bertz CT molecular complexity index is 451. The highest BCUT2D eigenvalue weighted by atomic mass is 16.7. The van der Waals surface area contributed by atoms with Crippen molar-refractivity contribution in [2.24, 2.45) is 5.73 Å². The minimum absolute atomic E-state index is 0.0397. The van der Waals surface area contributed by atoms with Crippen LogP contribution in [0.2, 0.25) is 0 Å². The highest BCUT2D eigenvalue weighted by Crippen LogP contribution is 2.38. The van der Waals surface area contributed by atoms with E-state index in [9.17, 15) is 10.2 Å². The van der Waals surface area contributed by atoms with E-state index in [1.165, 1.54) is 0 Å². The maximum absolute atomic E-state index is 9.76. The molecular weight excluding hydrogens is 234 g/mol. The van der Waals surface area contributed by atoms with Crippen molar-refractivity contribution in [1.82, 2.24) is 0 Å². The summed E-state index contributed by atoms with van der Waals surface area (Å²) in [7, 11) is 0. The number of hydrogen-bond donors (Lipinski definition) is 3. The third-order valence-corrected chi connectivity index (χ3v) is 3.79. The molecule has 0 amide bonds. The predicted molar refractivity (Wildman–Crippen MR) is 64.5 cm³/mol. The first-order valence-electron chi connectivity index (χ1n) is 6.16. The number of ether oxygens (including phenoxy) is 2. The molecule has 1 aromatic carbocycles. The van der Waals surface area contributed by atoms with Crippen LogP contribution in [0.4, 0.5) is 0 Å². The van der Waals surface area contributed by atoms with Crippen LogP contribution in [0.5, 0.6) is 11.5 Å². The number of rotatable bonds is 1. The first kappa shape index (κ1) is 11.8. The Hall–Kier alpha value is -1.30. The molecule has 2 aliphatic rings. The topological polar surface area (TPSA) is 84.9 Å². The zero-order valence-electron chi connectivity index (χ0n) is 9.95. The van der Waals surface area contributed by atoms with Gasteiger partial charge in [-0.1, -0.05) is 6.07 Å². The lowest BCUT2D eigenvalue weighted by molar-refractivity contribution is -0.0209. The Kier molecular flexibility index (Phi) is 2.89. The summed E-state index contributed by atoms with van der Waals surface area (Å²) in [6.45, 7) is 0.247. The second-order valence-electron chi connectivity index (χ2n) is 4.99. The van der Waals surface area contributed by atoms with Crippen molar-refractivity contribution in [1.29, 1.82) is 0 Å². The second-order valence-corrected chi connectivity index (χ2v) is 4.99. The average Bonchev–Trinajstić information content (AvgIpc) is 2.80. The summed E-state index contributed by atoms with van der Waals surface area (Å²) < 4.78 is 10.6. The fourth-order valence-electron chi connectivity index (χ4n) is 2.72. The van der Waals surface area contributed by atoms with E-state index in [0.717, 1.165) is 17.1 Å². The van der Waals surface area contributed by atoms with Crippen LogP contribution in [0.1, 0.15) is 24.3 Å². The Balaban J connectivity index is 1.85. The lowest BCUT2D eigenvalue weighted by Crippen LogP contribution is -2.44. The van der Waals surface area contributed by atoms with E-state index in [4.69, 9.17) is 15.2 Å². The molecule has 0 saturated heterocycles. The summed E-state index contributed by atoms with van der Waals surface area (Å²) in [6.07, 6.45) is -0.534. The molecule has 0 aromatic heterocycles. The van der Waals surface area contributed by atoms with Gasteiger partial charge in [-0.3, -0.25) is 0 Å². The van der Waals surface area contributed by atoms with Gasteiger partial charge in [-0.25, -0.2) is 0 Å². The minimum Gasteiger partial charge on any atom is -0.454 e. The zero-order chi connectivity index (χ0) is 12.7. The monoisotopic (exact) mass is 251 g/mol. The largest absolute Gasteiger partial charge is 0.454 e. The smallest absolute Gasteiger partial charge is 0.231 e. The highest BCUT2D eigenvalue weighted by Gasteiger charge is 2.34. The van der Waals surface area contributed by atoms with Crippen molar-refractivity contribution >= 4 is 0 Å². The molecule has 1 saturated carbocycles. The van der Waals surface area contributed by atoms with Gasteiger partial charge in [-0.05, 0) is 30.5 Å². The molecule has 0 spiro atoms. The highest BCUT2D eigenvalue weighted by molar-refractivity contribution is 5.45. The SMILES string of the molecule is N[C@H]1C[C@@H](O)[C@H](O)C[C@H]1c1ccc2c(c1)OCO2. The van der Waals surface area contributed by atoms with Crippen LogP contribution >= 0.6 is 0 Å². The summed E-state index contributed by atoms with van der Waals surface area (Å²) in [5.41, 5.74) is 7.09. The Morgan fingerprint density at radius 1 is 1.06 bits per heavy atom. The molecule has 18 heavy (non-hydrogen) atoms. The molecule has 1 aromatic rings. The number of benzene rings is 1. The summed E-state index contributed by atoms with van der Waals surface area (Å²) >= 11 is 0. The quantitative estimate of drug-likeness (QED) is 0.670. The van der Waals surface area contributed by atoms with E-state index < -0.39 is 12.2 Å². The summed E-state index contributed by atoms with van der Waals surface area (Å²) in [5.74, 6) is 1.50. The number of hydrogen-bond acceptors (Lipinski definition) is 5. The lowest BCUT2D eigenvalue weighted by Gasteiger charge is -2.35. The average molecular weight is 251 g/mol.